The normalized spacial score (nSPS) is 10.6. The lowest BCUT2D eigenvalue weighted by Gasteiger charge is -2.03. The highest BCUT2D eigenvalue weighted by molar-refractivity contribution is 9.10. The van der Waals surface area contributed by atoms with E-state index in [1.807, 2.05) is 29.2 Å². The van der Waals surface area contributed by atoms with E-state index < -0.39 is 0 Å². The number of halogens is 1. The van der Waals surface area contributed by atoms with Crippen molar-refractivity contribution >= 4 is 15.9 Å². The molecule has 3 aromatic rings. The van der Waals surface area contributed by atoms with Crippen LogP contribution in [-0.2, 0) is 6.54 Å². The summed E-state index contributed by atoms with van der Waals surface area (Å²) in [7, 11) is 1.58. The maximum Gasteiger partial charge on any atom is 0.232 e. The fourth-order valence-corrected chi connectivity index (χ4v) is 2.23. The zero-order chi connectivity index (χ0) is 14.7. The third kappa shape index (κ3) is 3.28. The Morgan fingerprint density at radius 2 is 1.90 bits per heavy atom. The van der Waals surface area contributed by atoms with Gasteiger partial charge in [-0.15, -0.1) is 0 Å². The minimum atomic E-state index is 0.507. The largest absolute Gasteiger partial charge is 0.480 e. The van der Waals surface area contributed by atoms with Crippen molar-refractivity contribution in [2.75, 3.05) is 7.11 Å². The van der Waals surface area contributed by atoms with Gasteiger partial charge in [-0.3, -0.25) is 9.67 Å². The molecule has 0 atom stereocenters. The van der Waals surface area contributed by atoms with Crippen molar-refractivity contribution in [2.45, 2.75) is 6.54 Å². The molecular weight excluding hydrogens is 332 g/mol. The van der Waals surface area contributed by atoms with Gasteiger partial charge >= 0.3 is 0 Å². The third-order valence-electron chi connectivity index (χ3n) is 3.01. The first-order valence-corrected chi connectivity index (χ1v) is 7.17. The molecule has 2 aromatic heterocycles. The zero-order valence-electron chi connectivity index (χ0n) is 11.4. The van der Waals surface area contributed by atoms with E-state index in [0.717, 1.165) is 21.3 Å². The second-order valence-corrected chi connectivity index (χ2v) is 5.40. The smallest absolute Gasteiger partial charge is 0.232 e. The Hall–Kier alpha value is -2.21. The minimum absolute atomic E-state index is 0.507. The molecule has 0 amide bonds. The van der Waals surface area contributed by atoms with Gasteiger partial charge in [-0.2, -0.15) is 5.10 Å². The first-order valence-electron chi connectivity index (χ1n) is 6.38. The van der Waals surface area contributed by atoms with E-state index in [9.17, 15) is 0 Å². The fraction of sp³-hybridized carbons (Fsp3) is 0.133. The lowest BCUT2D eigenvalue weighted by Crippen LogP contribution is -2.03. The summed E-state index contributed by atoms with van der Waals surface area (Å²) < 4.78 is 7.97. The highest BCUT2D eigenvalue weighted by atomic mass is 79.9. The lowest BCUT2D eigenvalue weighted by atomic mass is 10.1. The number of ether oxygens (including phenoxy) is 1. The van der Waals surface area contributed by atoms with Crippen LogP contribution in [0.1, 0.15) is 5.69 Å². The fourth-order valence-electron chi connectivity index (χ4n) is 1.97. The van der Waals surface area contributed by atoms with E-state index in [4.69, 9.17) is 4.74 Å². The molecule has 0 saturated heterocycles. The van der Waals surface area contributed by atoms with E-state index in [-0.39, 0.29) is 0 Å². The monoisotopic (exact) mass is 344 g/mol. The molecule has 0 fully saturated rings. The molecule has 21 heavy (non-hydrogen) atoms. The zero-order valence-corrected chi connectivity index (χ0v) is 13.0. The van der Waals surface area contributed by atoms with Gasteiger partial charge in [-0.05, 0) is 17.7 Å². The predicted molar refractivity (Wildman–Crippen MR) is 83.0 cm³/mol. The maximum atomic E-state index is 5.07. The highest BCUT2D eigenvalue weighted by Crippen LogP contribution is 2.21. The highest BCUT2D eigenvalue weighted by Gasteiger charge is 2.04. The van der Waals surface area contributed by atoms with Crippen molar-refractivity contribution in [1.29, 1.82) is 0 Å². The number of hydrogen-bond acceptors (Lipinski definition) is 4. The van der Waals surface area contributed by atoms with Crippen LogP contribution in [0, 0.1) is 0 Å². The molecule has 0 saturated carbocycles. The molecule has 0 unspecified atom stereocenters. The van der Waals surface area contributed by atoms with E-state index >= 15 is 0 Å². The summed E-state index contributed by atoms with van der Waals surface area (Å²) in [5.74, 6) is 0.507. The van der Waals surface area contributed by atoms with Crippen LogP contribution in [0.15, 0.2) is 53.5 Å². The van der Waals surface area contributed by atoms with E-state index in [0.29, 0.717) is 12.4 Å². The summed E-state index contributed by atoms with van der Waals surface area (Å²) >= 11 is 3.43. The Morgan fingerprint density at radius 3 is 2.67 bits per heavy atom. The SMILES string of the molecule is COc1cncc(Cn2cc(-c3ccc(Br)cc3)cn2)n1. The van der Waals surface area contributed by atoms with Crippen LogP contribution in [0.25, 0.3) is 11.1 Å². The van der Waals surface area contributed by atoms with Crippen molar-refractivity contribution in [3.63, 3.8) is 0 Å². The van der Waals surface area contributed by atoms with E-state index in [2.05, 4.69) is 43.1 Å². The minimum Gasteiger partial charge on any atom is -0.480 e. The van der Waals surface area contributed by atoms with Crippen LogP contribution in [0.4, 0.5) is 0 Å². The molecule has 5 nitrogen and oxygen atoms in total. The molecule has 6 heteroatoms. The molecule has 0 aliphatic heterocycles. The summed E-state index contributed by atoms with van der Waals surface area (Å²) in [6.07, 6.45) is 7.13. The van der Waals surface area contributed by atoms with Crippen molar-refractivity contribution < 1.29 is 4.74 Å². The predicted octanol–water partition coefficient (Wildman–Crippen LogP) is 3.16. The van der Waals surface area contributed by atoms with Crippen LogP contribution in [0.3, 0.4) is 0 Å². The third-order valence-corrected chi connectivity index (χ3v) is 3.53. The van der Waals surface area contributed by atoms with Gasteiger partial charge in [0.1, 0.15) is 0 Å². The van der Waals surface area contributed by atoms with Gasteiger partial charge in [-0.25, -0.2) is 4.98 Å². The second kappa shape index (κ2) is 6.05. The number of rotatable bonds is 4. The molecular formula is C15H13BrN4O. The molecule has 0 N–H and O–H groups in total. The molecule has 1 aromatic carbocycles. The van der Waals surface area contributed by atoms with Gasteiger partial charge in [0.15, 0.2) is 0 Å². The van der Waals surface area contributed by atoms with Gasteiger partial charge in [-0.1, -0.05) is 28.1 Å². The van der Waals surface area contributed by atoms with Gasteiger partial charge in [0, 0.05) is 16.2 Å². The summed E-state index contributed by atoms with van der Waals surface area (Å²) in [5.41, 5.74) is 3.00. The molecule has 0 radical (unpaired) electrons. The second-order valence-electron chi connectivity index (χ2n) is 4.49. The summed E-state index contributed by atoms with van der Waals surface area (Å²) in [4.78, 5) is 8.42. The Kier molecular flexibility index (Phi) is 3.96. The number of methoxy groups -OCH3 is 1. The Labute approximate surface area is 130 Å². The molecule has 106 valence electrons. The Balaban J connectivity index is 1.80. The van der Waals surface area contributed by atoms with Gasteiger partial charge in [0.05, 0.1) is 37.9 Å². The van der Waals surface area contributed by atoms with E-state index in [1.54, 1.807) is 19.5 Å². The van der Waals surface area contributed by atoms with Gasteiger partial charge in [0.25, 0.3) is 0 Å². The van der Waals surface area contributed by atoms with Gasteiger partial charge < -0.3 is 4.74 Å². The molecule has 3 rings (SSSR count). The summed E-state index contributed by atoms with van der Waals surface area (Å²) in [6, 6.07) is 8.13. The quantitative estimate of drug-likeness (QED) is 0.729. The molecule has 0 spiro atoms. The van der Waals surface area contributed by atoms with Gasteiger partial charge in [0.2, 0.25) is 5.88 Å². The average molecular weight is 345 g/mol. The number of hydrogen-bond donors (Lipinski definition) is 0. The topological polar surface area (TPSA) is 52.8 Å². The van der Waals surface area contributed by atoms with Crippen LogP contribution >= 0.6 is 15.9 Å². The first kappa shape index (κ1) is 13.8. The van der Waals surface area contributed by atoms with Crippen LogP contribution in [0.5, 0.6) is 5.88 Å². The summed E-state index contributed by atoms with van der Waals surface area (Å²) in [5, 5.41) is 4.36. The van der Waals surface area contributed by atoms with Crippen molar-refractivity contribution in [3.8, 4) is 17.0 Å². The van der Waals surface area contributed by atoms with Crippen LogP contribution in [0.2, 0.25) is 0 Å². The lowest BCUT2D eigenvalue weighted by molar-refractivity contribution is 0.393. The maximum absolute atomic E-state index is 5.07. The van der Waals surface area contributed by atoms with Crippen molar-refractivity contribution in [1.82, 2.24) is 19.7 Å². The number of nitrogens with zero attached hydrogens (tertiary/aromatic N) is 4. The molecule has 0 aliphatic carbocycles. The van der Waals surface area contributed by atoms with Crippen molar-refractivity contribution in [2.24, 2.45) is 0 Å². The molecule has 2 heterocycles. The van der Waals surface area contributed by atoms with Crippen LogP contribution < -0.4 is 4.74 Å². The van der Waals surface area contributed by atoms with Crippen molar-refractivity contribution in [3.05, 3.63) is 59.2 Å². The first-order chi connectivity index (χ1) is 10.2. The number of benzene rings is 1. The number of aromatic nitrogens is 4. The summed E-state index contributed by atoms with van der Waals surface area (Å²) in [6.45, 7) is 0.556. The molecule has 0 bridgehead atoms. The average Bonchev–Trinajstić information content (AvgIpc) is 2.96. The van der Waals surface area contributed by atoms with E-state index in [1.165, 1.54) is 0 Å². The Bertz CT molecular complexity index is 739. The molecule has 0 aliphatic rings. The standard InChI is InChI=1S/C15H13BrN4O/c1-21-15-8-17-7-14(19-15)10-20-9-12(6-18-20)11-2-4-13(16)5-3-11/h2-9H,10H2,1H3. The van der Waals surface area contributed by atoms with Crippen LogP contribution in [-0.4, -0.2) is 26.9 Å². The Morgan fingerprint density at radius 1 is 1.10 bits per heavy atom.